The first-order chi connectivity index (χ1) is 17.4. The highest BCUT2D eigenvalue weighted by molar-refractivity contribution is 14.1. The van der Waals surface area contributed by atoms with Gasteiger partial charge in [-0.1, -0.05) is 28.7 Å². The van der Waals surface area contributed by atoms with Gasteiger partial charge in [-0.05, 0) is 75.1 Å². The van der Waals surface area contributed by atoms with Crippen molar-refractivity contribution >= 4 is 79.7 Å². The van der Waals surface area contributed by atoms with Crippen molar-refractivity contribution in [2.75, 3.05) is 19.3 Å². The number of hydrogen-bond donors (Lipinski definition) is 4. The van der Waals surface area contributed by atoms with E-state index in [1.165, 1.54) is 6.07 Å². The summed E-state index contributed by atoms with van der Waals surface area (Å²) in [6, 6.07) is 12.1. The molecule has 2 aromatic heterocycles. The van der Waals surface area contributed by atoms with Gasteiger partial charge in [0.2, 0.25) is 0 Å². The second kappa shape index (κ2) is 11.8. The normalized spacial score (nSPS) is 11.8. The second-order valence-electron chi connectivity index (χ2n) is 7.77. The van der Waals surface area contributed by atoms with Crippen molar-refractivity contribution in [2.24, 2.45) is 5.10 Å². The molecule has 0 saturated carbocycles. The molecule has 0 bridgehead atoms. The number of allylic oxidation sites excluding steroid dienone is 1. The first-order valence-electron chi connectivity index (χ1n) is 10.9. The number of rotatable bonds is 8. The first-order valence-corrected chi connectivity index (χ1v) is 13.2. The number of halogens is 3. The van der Waals surface area contributed by atoms with Crippen LogP contribution >= 0.6 is 45.2 Å². The quantitative estimate of drug-likeness (QED) is 0.118. The van der Waals surface area contributed by atoms with Gasteiger partial charge >= 0.3 is 0 Å². The van der Waals surface area contributed by atoms with E-state index >= 15 is 0 Å². The van der Waals surface area contributed by atoms with Gasteiger partial charge in [0, 0.05) is 40.1 Å². The second-order valence-corrected chi connectivity index (χ2v) is 9.56. The van der Waals surface area contributed by atoms with E-state index in [2.05, 4.69) is 53.4 Å². The van der Waals surface area contributed by atoms with Crippen LogP contribution in [0.5, 0.6) is 0 Å². The molecule has 4 aromatic rings. The number of H-pyrrole nitrogens is 1. The third-order valence-corrected chi connectivity index (χ3v) is 6.88. The predicted octanol–water partition coefficient (Wildman–Crippen LogP) is 4.90. The fourth-order valence-corrected chi connectivity index (χ4v) is 4.62. The van der Waals surface area contributed by atoms with Crippen molar-refractivity contribution in [1.29, 1.82) is 0 Å². The van der Waals surface area contributed by atoms with Crippen LogP contribution in [0.2, 0.25) is 0 Å². The van der Waals surface area contributed by atoms with E-state index in [1.54, 1.807) is 49.8 Å². The first kappa shape index (κ1) is 26.0. The molecule has 5 N–H and O–H groups in total. The molecule has 11 heteroatoms. The number of nitrogens with two attached hydrogens (primary N) is 1. The highest BCUT2D eigenvalue weighted by Gasteiger charge is 2.14. The van der Waals surface area contributed by atoms with Gasteiger partial charge in [0.1, 0.15) is 17.5 Å². The van der Waals surface area contributed by atoms with Crippen LogP contribution in [0.4, 0.5) is 10.2 Å². The number of pyridine rings is 1. The lowest BCUT2D eigenvalue weighted by Crippen LogP contribution is -2.25. The number of imidazole rings is 1. The van der Waals surface area contributed by atoms with Crippen molar-refractivity contribution in [3.63, 3.8) is 0 Å². The zero-order valence-electron chi connectivity index (χ0n) is 19.1. The number of amides is 1. The summed E-state index contributed by atoms with van der Waals surface area (Å²) >= 11 is 4.10. The number of nitrogen functional groups attached to an aromatic ring is 1. The number of anilines is 1. The van der Waals surface area contributed by atoms with E-state index in [0.717, 1.165) is 16.7 Å². The average molecular weight is 709 g/mol. The Hall–Kier alpha value is -3.07. The molecule has 0 aliphatic rings. The van der Waals surface area contributed by atoms with Crippen LogP contribution < -0.4 is 16.5 Å². The molecule has 0 aliphatic heterocycles. The average Bonchev–Trinajstić information content (AvgIpc) is 3.30. The van der Waals surface area contributed by atoms with Gasteiger partial charge in [-0.2, -0.15) is 5.10 Å². The number of hydrogen-bond acceptors (Lipinski definition) is 6. The lowest BCUT2D eigenvalue weighted by Gasteiger charge is -2.06. The topological polar surface area (TPSA) is 121 Å². The minimum atomic E-state index is -0.246. The molecule has 8 nitrogen and oxygen atoms in total. The number of carbonyl (C=O) groups is 1. The summed E-state index contributed by atoms with van der Waals surface area (Å²) in [5.41, 5.74) is 14.1. The summed E-state index contributed by atoms with van der Waals surface area (Å²) < 4.78 is 15.9. The van der Waals surface area contributed by atoms with Crippen molar-refractivity contribution in [3.8, 4) is 11.4 Å². The summed E-state index contributed by atoms with van der Waals surface area (Å²) in [7, 11) is 1.73. The van der Waals surface area contributed by atoms with Crippen molar-refractivity contribution < 1.29 is 9.18 Å². The zero-order valence-corrected chi connectivity index (χ0v) is 23.5. The van der Waals surface area contributed by atoms with Crippen LogP contribution in [0.25, 0.3) is 28.0 Å². The molecule has 0 saturated heterocycles. The SMILES string of the molecule is CN/N=C\C(=C/I)c1cnc(N)c(-c2nc3ccc(C(=O)NCCc4ccc(F)c(I)c4)cc3[nH]2)c1. The molecule has 4 rings (SSSR count). The zero-order chi connectivity index (χ0) is 25.7. The Bertz CT molecular complexity index is 1480. The molecule has 0 atom stereocenters. The van der Waals surface area contributed by atoms with Gasteiger partial charge in [-0.15, -0.1) is 0 Å². The third-order valence-electron chi connectivity index (χ3n) is 5.38. The molecule has 36 heavy (non-hydrogen) atoms. The van der Waals surface area contributed by atoms with Crippen molar-refractivity contribution in [3.05, 3.63) is 78.8 Å². The molecule has 0 radical (unpaired) electrons. The van der Waals surface area contributed by atoms with Gasteiger partial charge in [0.15, 0.2) is 0 Å². The number of nitrogens with zero attached hydrogens (tertiary/aromatic N) is 3. The number of benzene rings is 2. The van der Waals surface area contributed by atoms with Gasteiger partial charge in [0.05, 0.1) is 22.8 Å². The minimum absolute atomic E-state index is 0.200. The fraction of sp³-hybridized carbons (Fsp3) is 0.120. The van der Waals surface area contributed by atoms with Gasteiger partial charge in [0.25, 0.3) is 5.91 Å². The molecule has 2 aromatic carbocycles. The van der Waals surface area contributed by atoms with E-state index in [9.17, 15) is 9.18 Å². The molecule has 0 unspecified atom stereocenters. The van der Waals surface area contributed by atoms with E-state index < -0.39 is 0 Å². The lowest BCUT2D eigenvalue weighted by atomic mass is 10.1. The van der Waals surface area contributed by atoms with E-state index in [0.29, 0.717) is 50.3 Å². The van der Waals surface area contributed by atoms with Gasteiger partial charge < -0.3 is 21.5 Å². The van der Waals surface area contributed by atoms with Crippen LogP contribution in [0.15, 0.2) is 57.8 Å². The van der Waals surface area contributed by atoms with E-state index in [4.69, 9.17) is 5.73 Å². The molecule has 1 amide bonds. The Kier molecular flexibility index (Phi) is 8.51. The van der Waals surface area contributed by atoms with E-state index in [1.807, 2.05) is 32.7 Å². The Morgan fingerprint density at radius 3 is 2.81 bits per heavy atom. The Balaban J connectivity index is 1.52. The molecule has 0 aliphatic carbocycles. The minimum Gasteiger partial charge on any atom is -0.383 e. The number of fused-ring (bicyclic) bond motifs is 1. The lowest BCUT2D eigenvalue weighted by molar-refractivity contribution is 0.0954. The molecular weight excluding hydrogens is 687 g/mol. The third kappa shape index (κ3) is 6.00. The standard InChI is InChI=1S/C25H22FI2N7O/c1-30-33-13-17(11-27)16-9-18(23(29)32-12-16)24-34-21-5-3-15(10-22(21)35-24)25(36)31-7-6-14-2-4-19(26)20(28)8-14/h2-5,8-13,30H,6-7H2,1H3,(H2,29,32)(H,31,36)(H,34,35)/b17-11+,33-13-. The smallest absolute Gasteiger partial charge is 0.251 e. The summed E-state index contributed by atoms with van der Waals surface area (Å²) in [6.45, 7) is 0.436. The molecule has 0 fully saturated rings. The molecule has 0 spiro atoms. The number of aromatic nitrogens is 3. The Morgan fingerprint density at radius 2 is 2.06 bits per heavy atom. The molecule has 2 heterocycles. The number of carbonyl (C=O) groups excluding carboxylic acids is 1. The van der Waals surface area contributed by atoms with Crippen LogP contribution in [-0.2, 0) is 6.42 Å². The maximum absolute atomic E-state index is 13.4. The predicted molar refractivity (Wildman–Crippen MR) is 158 cm³/mol. The largest absolute Gasteiger partial charge is 0.383 e. The highest BCUT2D eigenvalue weighted by Crippen LogP contribution is 2.28. The number of aromatic amines is 1. The summed E-state index contributed by atoms with van der Waals surface area (Å²) in [5.74, 6) is 0.446. The maximum Gasteiger partial charge on any atom is 0.251 e. The van der Waals surface area contributed by atoms with Crippen LogP contribution in [-0.4, -0.2) is 40.7 Å². The van der Waals surface area contributed by atoms with Crippen molar-refractivity contribution in [1.82, 2.24) is 25.7 Å². The number of nitrogens with one attached hydrogen (secondary N) is 3. The summed E-state index contributed by atoms with van der Waals surface area (Å²) in [4.78, 5) is 24.9. The monoisotopic (exact) mass is 709 g/mol. The summed E-state index contributed by atoms with van der Waals surface area (Å²) in [5, 5.41) is 6.98. The van der Waals surface area contributed by atoms with Crippen LogP contribution in [0.3, 0.4) is 0 Å². The van der Waals surface area contributed by atoms with Crippen LogP contribution in [0.1, 0.15) is 21.5 Å². The van der Waals surface area contributed by atoms with Crippen molar-refractivity contribution in [2.45, 2.75) is 6.42 Å². The number of hydrazone groups is 1. The fourth-order valence-electron chi connectivity index (χ4n) is 3.52. The highest BCUT2D eigenvalue weighted by atomic mass is 127. The van der Waals surface area contributed by atoms with Gasteiger partial charge in [-0.3, -0.25) is 4.79 Å². The van der Waals surface area contributed by atoms with Crippen LogP contribution in [0, 0.1) is 9.39 Å². The summed E-state index contributed by atoms with van der Waals surface area (Å²) in [6.07, 6.45) is 3.99. The Labute approximate surface area is 234 Å². The molecular formula is C25H22FI2N7O. The van der Waals surface area contributed by atoms with E-state index in [-0.39, 0.29) is 11.7 Å². The Morgan fingerprint density at radius 1 is 1.22 bits per heavy atom. The maximum atomic E-state index is 13.4. The molecule has 184 valence electrons. The van der Waals surface area contributed by atoms with Gasteiger partial charge in [-0.25, -0.2) is 14.4 Å².